The van der Waals surface area contributed by atoms with Crippen LogP contribution in [0.3, 0.4) is 0 Å². The van der Waals surface area contributed by atoms with Gasteiger partial charge in [0.2, 0.25) is 0 Å². The molecule has 0 aliphatic heterocycles. The maximum absolute atomic E-state index is 8.58. The third-order valence-electron chi connectivity index (χ3n) is 2.81. The minimum atomic E-state index is 0.136. The molecular weight excluding hydrogens is 228 g/mol. The van der Waals surface area contributed by atoms with E-state index in [-0.39, 0.29) is 5.84 Å². The zero-order valence-corrected chi connectivity index (χ0v) is 11.3. The summed E-state index contributed by atoms with van der Waals surface area (Å²) in [7, 11) is 6.21. The van der Waals surface area contributed by atoms with Gasteiger partial charge in [0.25, 0.3) is 0 Å². The van der Waals surface area contributed by atoms with Crippen LogP contribution >= 0.6 is 0 Å². The van der Waals surface area contributed by atoms with Crippen molar-refractivity contribution in [1.29, 1.82) is 0 Å². The highest BCUT2D eigenvalue weighted by molar-refractivity contribution is 5.97. The molecule has 0 saturated heterocycles. The number of anilines is 1. The van der Waals surface area contributed by atoms with Crippen molar-refractivity contribution in [3.05, 3.63) is 29.8 Å². The first-order chi connectivity index (χ1) is 8.54. The smallest absolute Gasteiger partial charge is 0.170 e. The van der Waals surface area contributed by atoms with Crippen LogP contribution in [0, 0.1) is 0 Å². The predicted molar refractivity (Wildman–Crippen MR) is 75.4 cm³/mol. The quantitative estimate of drug-likeness (QED) is 0.344. The largest absolute Gasteiger partial charge is 0.409 e. The number of nitrogens with zero attached hydrogens (tertiary/aromatic N) is 3. The van der Waals surface area contributed by atoms with E-state index in [0.717, 1.165) is 30.8 Å². The van der Waals surface area contributed by atoms with Crippen LogP contribution in [-0.2, 0) is 0 Å². The van der Waals surface area contributed by atoms with Crippen molar-refractivity contribution < 1.29 is 5.21 Å². The first-order valence-electron chi connectivity index (χ1n) is 5.98. The Morgan fingerprint density at radius 2 is 1.78 bits per heavy atom. The van der Waals surface area contributed by atoms with Crippen LogP contribution in [0.2, 0.25) is 0 Å². The highest BCUT2D eigenvalue weighted by Gasteiger charge is 2.03. The van der Waals surface area contributed by atoms with E-state index in [9.17, 15) is 0 Å². The third-order valence-corrected chi connectivity index (χ3v) is 2.81. The van der Waals surface area contributed by atoms with Crippen LogP contribution in [0.1, 0.15) is 12.0 Å². The van der Waals surface area contributed by atoms with Crippen LogP contribution < -0.4 is 10.6 Å². The second kappa shape index (κ2) is 6.86. The molecule has 0 aromatic heterocycles. The lowest BCUT2D eigenvalue weighted by molar-refractivity contribution is 0.318. The first-order valence-corrected chi connectivity index (χ1v) is 5.98. The van der Waals surface area contributed by atoms with Gasteiger partial charge in [-0.2, -0.15) is 0 Å². The number of amidine groups is 1. The second-order valence-electron chi connectivity index (χ2n) is 4.61. The fourth-order valence-electron chi connectivity index (χ4n) is 1.70. The molecule has 1 aromatic carbocycles. The number of hydrogen-bond acceptors (Lipinski definition) is 4. The fraction of sp³-hybridized carbons (Fsp3) is 0.462. The van der Waals surface area contributed by atoms with Crippen molar-refractivity contribution in [2.45, 2.75) is 6.42 Å². The van der Waals surface area contributed by atoms with Gasteiger partial charge in [-0.25, -0.2) is 0 Å². The van der Waals surface area contributed by atoms with Gasteiger partial charge in [0, 0.05) is 24.8 Å². The van der Waals surface area contributed by atoms with E-state index in [0.29, 0.717) is 0 Å². The molecule has 0 atom stereocenters. The van der Waals surface area contributed by atoms with Crippen molar-refractivity contribution >= 4 is 11.5 Å². The summed E-state index contributed by atoms with van der Waals surface area (Å²) in [6, 6.07) is 7.66. The molecule has 0 fully saturated rings. The number of nitrogens with two attached hydrogens (primary N) is 1. The molecule has 18 heavy (non-hydrogen) atoms. The molecular formula is C13H22N4O. The Morgan fingerprint density at radius 1 is 1.17 bits per heavy atom. The zero-order chi connectivity index (χ0) is 13.5. The summed E-state index contributed by atoms with van der Waals surface area (Å²) in [6.07, 6.45) is 1.12. The summed E-state index contributed by atoms with van der Waals surface area (Å²) in [5.74, 6) is 0.136. The SMILES string of the molecule is CN(C)CCCN(C)c1ccc(C(N)=NO)cc1. The molecule has 3 N–H and O–H groups in total. The maximum Gasteiger partial charge on any atom is 0.170 e. The average molecular weight is 250 g/mol. The number of benzene rings is 1. The van der Waals surface area contributed by atoms with Crippen molar-refractivity contribution in [2.75, 3.05) is 39.1 Å². The Labute approximate surface area is 108 Å². The van der Waals surface area contributed by atoms with E-state index >= 15 is 0 Å². The molecule has 100 valence electrons. The molecule has 5 heteroatoms. The fourth-order valence-corrected chi connectivity index (χ4v) is 1.70. The van der Waals surface area contributed by atoms with Crippen molar-refractivity contribution in [3.63, 3.8) is 0 Å². The molecule has 5 nitrogen and oxygen atoms in total. The van der Waals surface area contributed by atoms with E-state index in [1.807, 2.05) is 24.3 Å². The van der Waals surface area contributed by atoms with Gasteiger partial charge in [-0.1, -0.05) is 5.16 Å². The van der Waals surface area contributed by atoms with Crippen LogP contribution in [0.5, 0.6) is 0 Å². The molecule has 0 amide bonds. The van der Waals surface area contributed by atoms with E-state index in [1.54, 1.807) is 0 Å². The first kappa shape index (κ1) is 14.3. The summed E-state index contributed by atoms with van der Waals surface area (Å²) in [6.45, 7) is 2.08. The van der Waals surface area contributed by atoms with E-state index in [2.05, 4.69) is 36.1 Å². The number of rotatable bonds is 6. The summed E-state index contributed by atoms with van der Waals surface area (Å²) < 4.78 is 0. The third kappa shape index (κ3) is 4.25. The molecule has 0 heterocycles. The van der Waals surface area contributed by atoms with Crippen molar-refractivity contribution in [2.24, 2.45) is 10.9 Å². The Morgan fingerprint density at radius 3 is 2.28 bits per heavy atom. The number of oxime groups is 1. The van der Waals surface area contributed by atoms with E-state index in [4.69, 9.17) is 10.9 Å². The highest BCUT2D eigenvalue weighted by Crippen LogP contribution is 2.14. The molecule has 0 aliphatic rings. The van der Waals surface area contributed by atoms with E-state index < -0.39 is 0 Å². The van der Waals surface area contributed by atoms with Gasteiger partial charge < -0.3 is 20.7 Å². The molecule has 1 aromatic rings. The average Bonchev–Trinajstić information content (AvgIpc) is 2.37. The lowest BCUT2D eigenvalue weighted by Gasteiger charge is -2.20. The van der Waals surface area contributed by atoms with Gasteiger partial charge in [0.15, 0.2) is 5.84 Å². The van der Waals surface area contributed by atoms with Crippen LogP contribution in [0.25, 0.3) is 0 Å². The Kier molecular flexibility index (Phi) is 5.45. The summed E-state index contributed by atoms with van der Waals surface area (Å²) in [5.41, 5.74) is 7.37. The Hall–Kier alpha value is -1.75. The molecule has 0 unspecified atom stereocenters. The predicted octanol–water partition coefficient (Wildman–Crippen LogP) is 1.17. The van der Waals surface area contributed by atoms with Gasteiger partial charge in [-0.3, -0.25) is 0 Å². The minimum Gasteiger partial charge on any atom is -0.409 e. The molecule has 0 saturated carbocycles. The minimum absolute atomic E-state index is 0.136. The second-order valence-corrected chi connectivity index (χ2v) is 4.61. The molecule has 0 spiro atoms. The van der Waals surface area contributed by atoms with Gasteiger partial charge in [0.1, 0.15) is 0 Å². The molecule has 0 radical (unpaired) electrons. The molecule has 0 bridgehead atoms. The monoisotopic (exact) mass is 250 g/mol. The van der Waals surface area contributed by atoms with Gasteiger partial charge in [-0.05, 0) is 51.3 Å². The normalized spacial score (nSPS) is 11.9. The summed E-state index contributed by atoms with van der Waals surface area (Å²) >= 11 is 0. The van der Waals surface area contributed by atoms with Gasteiger partial charge >= 0.3 is 0 Å². The standard InChI is InChI=1S/C13H22N4O/c1-16(2)9-4-10-17(3)12-7-5-11(6-8-12)13(14)15-18/h5-8,18H,4,9-10H2,1-3H3,(H2,14,15). The highest BCUT2D eigenvalue weighted by atomic mass is 16.4. The van der Waals surface area contributed by atoms with Crippen LogP contribution in [0.4, 0.5) is 5.69 Å². The van der Waals surface area contributed by atoms with Crippen LogP contribution in [0.15, 0.2) is 29.4 Å². The maximum atomic E-state index is 8.58. The topological polar surface area (TPSA) is 65.1 Å². The van der Waals surface area contributed by atoms with Gasteiger partial charge in [0.05, 0.1) is 0 Å². The number of hydrogen-bond donors (Lipinski definition) is 2. The summed E-state index contributed by atoms with van der Waals surface area (Å²) in [5, 5.41) is 11.6. The summed E-state index contributed by atoms with van der Waals surface area (Å²) in [4.78, 5) is 4.37. The lowest BCUT2D eigenvalue weighted by atomic mass is 10.2. The Balaban J connectivity index is 2.56. The van der Waals surface area contributed by atoms with Crippen molar-refractivity contribution in [1.82, 2.24) is 4.90 Å². The molecule has 1 rings (SSSR count). The van der Waals surface area contributed by atoms with Gasteiger partial charge in [-0.15, -0.1) is 0 Å². The Bertz CT molecular complexity index is 386. The van der Waals surface area contributed by atoms with E-state index in [1.165, 1.54) is 0 Å². The molecule has 0 aliphatic carbocycles. The zero-order valence-electron chi connectivity index (χ0n) is 11.3. The van der Waals surface area contributed by atoms with Crippen molar-refractivity contribution in [3.8, 4) is 0 Å². The lowest BCUT2D eigenvalue weighted by Crippen LogP contribution is -2.23. The van der Waals surface area contributed by atoms with Crippen LogP contribution in [-0.4, -0.2) is 50.2 Å².